The average Bonchev–Trinajstić information content (AvgIpc) is 2.17. The van der Waals surface area contributed by atoms with Crippen LogP contribution in [0.4, 0.5) is 0 Å². The minimum atomic E-state index is -0.628. The first-order valence-corrected chi connectivity index (χ1v) is 3.85. The van der Waals surface area contributed by atoms with Crippen LogP contribution in [0.5, 0.6) is 0 Å². The van der Waals surface area contributed by atoms with Crippen molar-refractivity contribution in [1.82, 2.24) is 0 Å². The molecule has 0 fully saturated rings. The second-order valence-electron chi connectivity index (χ2n) is 2.65. The molecule has 4 N–H and O–H groups in total. The maximum absolute atomic E-state index is 9.34. The summed E-state index contributed by atoms with van der Waals surface area (Å²) in [4.78, 5) is 0. The lowest BCUT2D eigenvalue weighted by Gasteiger charge is -2.08. The summed E-state index contributed by atoms with van der Waals surface area (Å²) >= 11 is 0. The second-order valence-corrected chi connectivity index (χ2v) is 2.65. The monoisotopic (exact) mass is 167 g/mol. The molecule has 1 rings (SSSR count). The Kier molecular flexibility index (Phi) is 3.22. The van der Waals surface area contributed by atoms with Crippen molar-refractivity contribution < 1.29 is 10.2 Å². The van der Waals surface area contributed by atoms with E-state index in [4.69, 9.17) is 10.8 Å². The molecule has 1 atom stereocenters. The molecular weight excluding hydrogens is 154 g/mol. The van der Waals surface area contributed by atoms with Gasteiger partial charge in [0, 0.05) is 6.54 Å². The Bertz CT molecular complexity index is 250. The highest BCUT2D eigenvalue weighted by Gasteiger charge is 2.04. The SMILES string of the molecule is NC[C@H](O)c1cccc(CO)c1. The van der Waals surface area contributed by atoms with E-state index < -0.39 is 6.10 Å². The highest BCUT2D eigenvalue weighted by molar-refractivity contribution is 5.24. The predicted molar refractivity (Wildman–Crippen MR) is 46.4 cm³/mol. The topological polar surface area (TPSA) is 66.5 Å². The van der Waals surface area contributed by atoms with Gasteiger partial charge in [0.15, 0.2) is 0 Å². The quantitative estimate of drug-likeness (QED) is 0.601. The van der Waals surface area contributed by atoms with Gasteiger partial charge >= 0.3 is 0 Å². The van der Waals surface area contributed by atoms with Crippen LogP contribution in [0.1, 0.15) is 17.2 Å². The summed E-state index contributed by atoms with van der Waals surface area (Å²) in [7, 11) is 0. The zero-order valence-corrected chi connectivity index (χ0v) is 6.77. The van der Waals surface area contributed by atoms with E-state index in [2.05, 4.69) is 0 Å². The van der Waals surface area contributed by atoms with Crippen LogP contribution in [0.15, 0.2) is 24.3 Å². The van der Waals surface area contributed by atoms with Crippen LogP contribution in [0.25, 0.3) is 0 Å². The van der Waals surface area contributed by atoms with E-state index in [1.165, 1.54) is 0 Å². The molecule has 12 heavy (non-hydrogen) atoms. The van der Waals surface area contributed by atoms with E-state index in [0.29, 0.717) is 0 Å². The van der Waals surface area contributed by atoms with E-state index in [1.807, 2.05) is 0 Å². The summed E-state index contributed by atoms with van der Waals surface area (Å²) < 4.78 is 0. The third kappa shape index (κ3) is 2.04. The van der Waals surface area contributed by atoms with Crippen LogP contribution in [-0.4, -0.2) is 16.8 Å². The molecule has 0 amide bonds. The lowest BCUT2D eigenvalue weighted by atomic mass is 10.1. The van der Waals surface area contributed by atoms with Crippen LogP contribution >= 0.6 is 0 Å². The number of benzene rings is 1. The lowest BCUT2D eigenvalue weighted by Crippen LogP contribution is -2.11. The van der Waals surface area contributed by atoms with Gasteiger partial charge in [-0.2, -0.15) is 0 Å². The Morgan fingerprint density at radius 3 is 2.75 bits per heavy atom. The maximum atomic E-state index is 9.34. The minimum absolute atomic E-state index is 0.00880. The Morgan fingerprint density at radius 1 is 1.42 bits per heavy atom. The minimum Gasteiger partial charge on any atom is -0.392 e. The van der Waals surface area contributed by atoms with Gasteiger partial charge in [-0.15, -0.1) is 0 Å². The highest BCUT2D eigenvalue weighted by atomic mass is 16.3. The predicted octanol–water partition coefficient (Wildman–Crippen LogP) is 0.171. The average molecular weight is 167 g/mol. The molecule has 0 bridgehead atoms. The van der Waals surface area contributed by atoms with Crippen LogP contribution in [0.2, 0.25) is 0 Å². The van der Waals surface area contributed by atoms with Crippen molar-refractivity contribution in [2.24, 2.45) is 5.73 Å². The van der Waals surface area contributed by atoms with Gasteiger partial charge < -0.3 is 15.9 Å². The van der Waals surface area contributed by atoms with Gasteiger partial charge in [-0.25, -0.2) is 0 Å². The lowest BCUT2D eigenvalue weighted by molar-refractivity contribution is 0.186. The van der Waals surface area contributed by atoms with Gasteiger partial charge in [0.25, 0.3) is 0 Å². The summed E-state index contributed by atoms with van der Waals surface area (Å²) in [6.07, 6.45) is -0.628. The van der Waals surface area contributed by atoms with Gasteiger partial charge in [0.2, 0.25) is 0 Å². The summed E-state index contributed by atoms with van der Waals surface area (Å²) in [5.41, 5.74) is 6.83. The van der Waals surface area contributed by atoms with Crippen molar-refractivity contribution in [1.29, 1.82) is 0 Å². The van der Waals surface area contributed by atoms with Crippen LogP contribution < -0.4 is 5.73 Å². The van der Waals surface area contributed by atoms with E-state index in [1.54, 1.807) is 24.3 Å². The molecule has 0 aromatic heterocycles. The molecule has 1 aromatic carbocycles. The molecule has 0 radical (unpaired) electrons. The van der Waals surface area contributed by atoms with Crippen molar-refractivity contribution in [3.63, 3.8) is 0 Å². The summed E-state index contributed by atoms with van der Waals surface area (Å²) in [5, 5.41) is 18.1. The fraction of sp³-hybridized carbons (Fsp3) is 0.333. The first-order valence-electron chi connectivity index (χ1n) is 3.85. The molecule has 0 aliphatic rings. The zero-order valence-electron chi connectivity index (χ0n) is 6.77. The third-order valence-corrected chi connectivity index (χ3v) is 1.74. The second kappa shape index (κ2) is 4.21. The first-order chi connectivity index (χ1) is 5.77. The van der Waals surface area contributed by atoms with E-state index in [0.717, 1.165) is 11.1 Å². The van der Waals surface area contributed by atoms with Crippen molar-refractivity contribution >= 4 is 0 Å². The molecule has 0 aliphatic carbocycles. The van der Waals surface area contributed by atoms with Gasteiger partial charge in [0.1, 0.15) is 0 Å². The normalized spacial score (nSPS) is 12.9. The third-order valence-electron chi connectivity index (χ3n) is 1.74. The Labute approximate surface area is 71.5 Å². The molecule has 0 unspecified atom stereocenters. The smallest absolute Gasteiger partial charge is 0.0912 e. The van der Waals surface area contributed by atoms with Crippen molar-refractivity contribution in [3.8, 4) is 0 Å². The van der Waals surface area contributed by atoms with Crippen LogP contribution in [-0.2, 0) is 6.61 Å². The van der Waals surface area contributed by atoms with E-state index in [9.17, 15) is 5.11 Å². The Hall–Kier alpha value is -0.900. The molecule has 1 aromatic rings. The molecule has 0 saturated carbocycles. The van der Waals surface area contributed by atoms with Crippen molar-refractivity contribution in [2.45, 2.75) is 12.7 Å². The van der Waals surface area contributed by atoms with E-state index >= 15 is 0 Å². The molecule has 66 valence electrons. The molecule has 0 spiro atoms. The van der Waals surface area contributed by atoms with Gasteiger partial charge in [0.05, 0.1) is 12.7 Å². The van der Waals surface area contributed by atoms with Gasteiger partial charge in [-0.3, -0.25) is 0 Å². The molecular formula is C9H13NO2. The molecule has 0 aliphatic heterocycles. The summed E-state index contributed by atoms with van der Waals surface area (Å²) in [6.45, 7) is 0.194. The van der Waals surface area contributed by atoms with Gasteiger partial charge in [-0.1, -0.05) is 24.3 Å². The Morgan fingerprint density at radius 2 is 2.17 bits per heavy atom. The molecule has 0 saturated heterocycles. The van der Waals surface area contributed by atoms with E-state index in [-0.39, 0.29) is 13.2 Å². The standard InChI is InChI=1S/C9H13NO2/c10-5-9(12)8-3-1-2-7(4-8)6-11/h1-4,9,11-12H,5-6,10H2/t9-/m0/s1. The number of hydrogen-bond donors (Lipinski definition) is 3. The number of rotatable bonds is 3. The summed E-state index contributed by atoms with van der Waals surface area (Å²) in [5.74, 6) is 0. The molecule has 3 nitrogen and oxygen atoms in total. The number of aliphatic hydroxyl groups is 2. The van der Waals surface area contributed by atoms with Crippen LogP contribution in [0, 0.1) is 0 Å². The fourth-order valence-corrected chi connectivity index (χ4v) is 1.03. The molecule has 0 heterocycles. The number of hydrogen-bond acceptors (Lipinski definition) is 3. The van der Waals surface area contributed by atoms with Crippen molar-refractivity contribution in [2.75, 3.05) is 6.54 Å². The first kappa shape index (κ1) is 9.19. The van der Waals surface area contributed by atoms with Crippen molar-refractivity contribution in [3.05, 3.63) is 35.4 Å². The maximum Gasteiger partial charge on any atom is 0.0912 e. The Balaban J connectivity index is 2.86. The molecule has 3 heteroatoms. The number of aliphatic hydroxyl groups excluding tert-OH is 2. The number of nitrogens with two attached hydrogens (primary N) is 1. The fourth-order valence-electron chi connectivity index (χ4n) is 1.03. The largest absolute Gasteiger partial charge is 0.392 e. The van der Waals surface area contributed by atoms with Crippen LogP contribution in [0.3, 0.4) is 0 Å². The summed E-state index contributed by atoms with van der Waals surface area (Å²) in [6, 6.07) is 7.13. The van der Waals surface area contributed by atoms with Gasteiger partial charge in [-0.05, 0) is 11.1 Å². The zero-order chi connectivity index (χ0) is 8.97. The highest BCUT2D eigenvalue weighted by Crippen LogP contribution is 2.12.